The van der Waals surface area contributed by atoms with Gasteiger partial charge in [-0.1, -0.05) is 0 Å². The molecule has 0 spiro atoms. The molecule has 15 heteroatoms. The Balaban J connectivity index is 1.67. The van der Waals surface area contributed by atoms with Gasteiger partial charge in [-0.2, -0.15) is 18.2 Å². The maximum atomic E-state index is 13.2. The average Bonchev–Trinajstić information content (AvgIpc) is 2.82. The lowest BCUT2D eigenvalue weighted by atomic mass is 10.0. The van der Waals surface area contributed by atoms with E-state index in [4.69, 9.17) is 5.11 Å². The Morgan fingerprint density at radius 2 is 1.68 bits per heavy atom. The first-order valence-electron chi connectivity index (χ1n) is 10.9. The molecule has 4 amide bonds. The molecule has 0 bridgehead atoms. The molecule has 0 atom stereocenters. The van der Waals surface area contributed by atoms with Gasteiger partial charge < -0.3 is 20.2 Å². The monoisotopic (exact) mass is 524 g/mol. The van der Waals surface area contributed by atoms with E-state index in [9.17, 15) is 37.1 Å². The molecule has 1 saturated heterocycles. The van der Waals surface area contributed by atoms with Crippen LogP contribution in [0.15, 0.2) is 35.3 Å². The number of aromatic nitrogens is 2. The second kappa shape index (κ2) is 10.3. The highest BCUT2D eigenvalue weighted by Gasteiger charge is 2.36. The van der Waals surface area contributed by atoms with Gasteiger partial charge in [0, 0.05) is 37.9 Å². The summed E-state index contributed by atoms with van der Waals surface area (Å²) >= 11 is 0. The predicted molar refractivity (Wildman–Crippen MR) is 123 cm³/mol. The molecular weight excluding hydrogens is 501 g/mol. The first-order chi connectivity index (χ1) is 17.2. The lowest BCUT2D eigenvalue weighted by Crippen LogP contribution is -2.60. The van der Waals surface area contributed by atoms with Crippen molar-refractivity contribution in [1.82, 2.24) is 24.7 Å². The topological polar surface area (TPSA) is 154 Å². The molecule has 3 N–H and O–H groups in total. The van der Waals surface area contributed by atoms with Gasteiger partial charge in [0.15, 0.2) is 6.29 Å². The van der Waals surface area contributed by atoms with E-state index in [1.165, 1.54) is 29.7 Å². The summed E-state index contributed by atoms with van der Waals surface area (Å²) in [6.45, 7) is 3.39. The highest BCUT2D eigenvalue weighted by atomic mass is 19.4. The van der Waals surface area contributed by atoms with Gasteiger partial charge in [0.2, 0.25) is 5.91 Å². The fourth-order valence-corrected chi connectivity index (χ4v) is 3.73. The van der Waals surface area contributed by atoms with Crippen LogP contribution < -0.4 is 16.3 Å². The Labute approximate surface area is 207 Å². The molecule has 1 fully saturated rings. The van der Waals surface area contributed by atoms with Crippen molar-refractivity contribution in [2.45, 2.75) is 25.6 Å². The Bertz CT molecular complexity index is 1280. The maximum Gasteiger partial charge on any atom is 0.417 e. The van der Waals surface area contributed by atoms with Crippen molar-refractivity contribution >= 4 is 30.1 Å². The van der Waals surface area contributed by atoms with Crippen LogP contribution in [0, 0.1) is 0 Å². The number of amides is 4. The summed E-state index contributed by atoms with van der Waals surface area (Å²) in [5.41, 5.74) is -4.27. The maximum absolute atomic E-state index is 13.2. The highest BCUT2D eigenvalue weighted by molar-refractivity contribution is 5.90. The number of anilines is 1. The van der Waals surface area contributed by atoms with Gasteiger partial charge in [0.05, 0.1) is 11.3 Å². The SMILES string of the molecule is CC(C)(NC(=O)O)C(=O)N1CCN(C(=O)Nc2ccn(-c3ccc(C=O)c(C(F)(F)F)c3)c(=O)n2)CC1. The van der Waals surface area contributed by atoms with Crippen LogP contribution in [-0.2, 0) is 11.0 Å². The summed E-state index contributed by atoms with van der Waals surface area (Å²) in [6.07, 6.45) is -4.95. The van der Waals surface area contributed by atoms with Crippen molar-refractivity contribution in [2.75, 3.05) is 31.5 Å². The predicted octanol–water partition coefficient (Wildman–Crippen LogP) is 1.79. The van der Waals surface area contributed by atoms with Crippen LogP contribution in [0.5, 0.6) is 0 Å². The molecule has 1 aliphatic rings. The largest absolute Gasteiger partial charge is 0.465 e. The molecule has 2 aromatic rings. The summed E-state index contributed by atoms with van der Waals surface area (Å²) in [4.78, 5) is 65.9. The summed E-state index contributed by atoms with van der Waals surface area (Å²) in [7, 11) is 0. The highest BCUT2D eigenvalue weighted by Crippen LogP contribution is 2.32. The number of carbonyl (C=O) groups excluding carboxylic acids is 3. The second-order valence-electron chi connectivity index (χ2n) is 8.62. The minimum absolute atomic E-state index is 0.0653. The lowest BCUT2D eigenvalue weighted by molar-refractivity contribution is -0.138. The number of urea groups is 1. The average molecular weight is 524 g/mol. The first-order valence-corrected chi connectivity index (χ1v) is 10.9. The van der Waals surface area contributed by atoms with E-state index in [1.54, 1.807) is 0 Å². The van der Waals surface area contributed by atoms with Crippen LogP contribution in [0.1, 0.15) is 29.8 Å². The molecule has 12 nitrogen and oxygen atoms in total. The number of rotatable bonds is 5. The van der Waals surface area contributed by atoms with Gasteiger partial charge in [-0.15, -0.1) is 0 Å². The fraction of sp³-hybridized carbons (Fsp3) is 0.364. The van der Waals surface area contributed by atoms with E-state index >= 15 is 0 Å². The van der Waals surface area contributed by atoms with Crippen LogP contribution in [0.3, 0.4) is 0 Å². The standard InChI is InChI=1S/C22H23F3N6O6/c1-21(2,28-20(36)37)17(33)29-7-9-30(10-8-29)18(34)26-16-5-6-31(19(35)27-16)14-4-3-13(12-32)15(11-14)22(23,24)25/h3-6,11-12,28H,7-10H2,1-2H3,(H,36,37)(H,26,27,34,35). The van der Waals surface area contributed by atoms with Gasteiger partial charge in [-0.3, -0.25) is 19.5 Å². The zero-order valence-corrected chi connectivity index (χ0v) is 19.7. The third-order valence-corrected chi connectivity index (χ3v) is 5.59. The molecular formula is C22H23F3N6O6. The van der Waals surface area contributed by atoms with Gasteiger partial charge in [-0.25, -0.2) is 14.4 Å². The van der Waals surface area contributed by atoms with Crippen molar-refractivity contribution in [1.29, 1.82) is 0 Å². The van der Waals surface area contributed by atoms with Gasteiger partial charge >= 0.3 is 24.0 Å². The van der Waals surface area contributed by atoms with E-state index < -0.39 is 46.6 Å². The van der Waals surface area contributed by atoms with Gasteiger partial charge in [0.25, 0.3) is 0 Å². The smallest absolute Gasteiger partial charge is 0.417 e. The molecule has 0 aliphatic carbocycles. The van der Waals surface area contributed by atoms with E-state index in [2.05, 4.69) is 15.6 Å². The number of halogens is 3. The summed E-state index contributed by atoms with van der Waals surface area (Å²) in [5, 5.41) is 13.5. The molecule has 1 aromatic carbocycles. The Morgan fingerprint density at radius 3 is 2.22 bits per heavy atom. The molecule has 1 aliphatic heterocycles. The molecule has 2 heterocycles. The van der Waals surface area contributed by atoms with E-state index in [1.807, 2.05) is 0 Å². The van der Waals surface area contributed by atoms with E-state index in [-0.39, 0.29) is 44.0 Å². The lowest BCUT2D eigenvalue weighted by Gasteiger charge is -2.38. The number of hydrogen-bond donors (Lipinski definition) is 3. The van der Waals surface area contributed by atoms with Crippen molar-refractivity contribution in [3.05, 3.63) is 52.1 Å². The van der Waals surface area contributed by atoms with Crippen LogP contribution in [0.2, 0.25) is 0 Å². The number of nitrogens with zero attached hydrogens (tertiary/aromatic N) is 4. The summed E-state index contributed by atoms with van der Waals surface area (Å²) in [6, 6.07) is 3.36. The summed E-state index contributed by atoms with van der Waals surface area (Å²) in [5.74, 6) is -0.591. The number of hydrogen-bond acceptors (Lipinski definition) is 6. The number of nitrogens with one attached hydrogen (secondary N) is 2. The van der Waals surface area contributed by atoms with Crippen molar-refractivity contribution in [3.63, 3.8) is 0 Å². The number of alkyl halides is 3. The molecule has 1 aromatic heterocycles. The van der Waals surface area contributed by atoms with Crippen molar-refractivity contribution in [3.8, 4) is 5.69 Å². The molecule has 0 radical (unpaired) electrons. The number of benzene rings is 1. The third kappa shape index (κ3) is 6.23. The van der Waals surface area contributed by atoms with Crippen molar-refractivity contribution in [2.24, 2.45) is 0 Å². The Morgan fingerprint density at radius 1 is 1.05 bits per heavy atom. The Hall–Kier alpha value is -4.43. The molecule has 0 saturated carbocycles. The number of aldehydes is 1. The third-order valence-electron chi connectivity index (χ3n) is 5.59. The quantitative estimate of drug-likeness (QED) is 0.504. The normalized spacial score (nSPS) is 14.2. The van der Waals surface area contributed by atoms with Crippen LogP contribution in [0.25, 0.3) is 5.69 Å². The van der Waals surface area contributed by atoms with Crippen LogP contribution >= 0.6 is 0 Å². The molecule has 3 rings (SSSR count). The summed E-state index contributed by atoms with van der Waals surface area (Å²) < 4.78 is 40.5. The van der Waals surface area contributed by atoms with Crippen LogP contribution in [0.4, 0.5) is 28.6 Å². The molecule has 198 valence electrons. The Kier molecular flexibility index (Phi) is 7.55. The molecule has 0 unspecified atom stereocenters. The van der Waals surface area contributed by atoms with E-state index in [0.29, 0.717) is 6.07 Å². The van der Waals surface area contributed by atoms with Crippen LogP contribution in [-0.4, -0.2) is 80.5 Å². The van der Waals surface area contributed by atoms with Gasteiger partial charge in [-0.05, 0) is 38.1 Å². The zero-order valence-electron chi connectivity index (χ0n) is 19.7. The second-order valence-corrected chi connectivity index (χ2v) is 8.62. The minimum Gasteiger partial charge on any atom is -0.465 e. The number of carboxylic acid groups (broad SMARTS) is 1. The van der Waals surface area contributed by atoms with E-state index in [0.717, 1.165) is 22.9 Å². The fourth-order valence-electron chi connectivity index (χ4n) is 3.73. The molecule has 37 heavy (non-hydrogen) atoms. The first kappa shape index (κ1) is 27.2. The minimum atomic E-state index is -4.81. The van der Waals surface area contributed by atoms with Gasteiger partial charge in [0.1, 0.15) is 11.4 Å². The number of piperazine rings is 1. The number of carbonyl (C=O) groups is 4. The zero-order chi connectivity index (χ0) is 27.5. The van der Waals surface area contributed by atoms with Crippen molar-refractivity contribution < 1.29 is 37.5 Å².